The molecule has 0 N–H and O–H groups in total. The van der Waals surface area contributed by atoms with Crippen molar-refractivity contribution in [1.29, 1.82) is 0 Å². The molecule has 0 aliphatic carbocycles. The second-order valence-corrected chi connectivity index (χ2v) is 5.22. The van der Waals surface area contributed by atoms with E-state index in [0.717, 1.165) is 0 Å². The molecule has 0 saturated carbocycles. The van der Waals surface area contributed by atoms with Crippen LogP contribution in [0, 0.1) is 44.6 Å². The Bertz CT molecular complexity index is 580. The van der Waals surface area contributed by atoms with Crippen LogP contribution in [0.15, 0.2) is 91.0 Å². The van der Waals surface area contributed by atoms with Gasteiger partial charge < -0.3 is 44.6 Å². The zero-order chi connectivity index (χ0) is 13.8. The Morgan fingerprint density at radius 2 is 0.500 bits per heavy atom. The van der Waals surface area contributed by atoms with Gasteiger partial charge in [-0.05, 0) is 23.6 Å². The van der Waals surface area contributed by atoms with Crippen LogP contribution in [0.25, 0.3) is 0 Å². The monoisotopic (exact) mass is 882 g/mol. The topological polar surface area (TPSA) is 0 Å². The third-order valence-corrected chi connectivity index (χ3v) is 4.05. The molecule has 6 heteroatoms. The van der Waals surface area contributed by atoms with E-state index in [9.17, 15) is 0 Å². The van der Waals surface area contributed by atoms with Crippen LogP contribution in [-0.2, 0) is 202 Å². The normalized spacial score (nSPS) is 7.03. The van der Waals surface area contributed by atoms with E-state index in [0.29, 0.717) is 0 Å². The standard InChI is InChI=1S/C20H18.6CH3.6Y/c1-20(17-11-5-2-6-12-17,18-13-7-3-8-14-18)19-15-9-4-10-16-19;;;;;;;;;;;;/h2-16H,1H3;6*1H3;;;;;;/q;6*-1;;;;;;. The quantitative estimate of drug-likeness (QED) is 0.187. The van der Waals surface area contributed by atoms with Gasteiger partial charge in [0.15, 0.2) is 0 Å². The van der Waals surface area contributed by atoms with Gasteiger partial charge in [0.25, 0.3) is 0 Å². The maximum atomic E-state index is 2.30. The van der Waals surface area contributed by atoms with Gasteiger partial charge in [-0.15, -0.1) is 0 Å². The van der Waals surface area contributed by atoms with Crippen molar-refractivity contribution in [3.63, 3.8) is 0 Å². The second-order valence-electron chi connectivity index (χ2n) is 5.22. The van der Waals surface area contributed by atoms with Crippen LogP contribution in [0.4, 0.5) is 0 Å². The Morgan fingerprint density at radius 3 is 0.656 bits per heavy atom. The van der Waals surface area contributed by atoms with Crippen LogP contribution in [0.5, 0.6) is 0 Å². The molecule has 32 heavy (non-hydrogen) atoms. The molecule has 0 aliphatic heterocycles. The molecule has 0 heterocycles. The summed E-state index contributed by atoms with van der Waals surface area (Å²) in [5.74, 6) is 0. The van der Waals surface area contributed by atoms with E-state index in [2.05, 4.69) is 97.9 Å². The smallest absolute Gasteiger partial charge is 0.0423 e. The molecule has 3 aromatic carbocycles. The summed E-state index contributed by atoms with van der Waals surface area (Å²) in [7, 11) is 0. The summed E-state index contributed by atoms with van der Waals surface area (Å²) in [6, 6.07) is 32.1. The maximum absolute atomic E-state index is 2.30. The molecule has 0 aliphatic rings. The summed E-state index contributed by atoms with van der Waals surface area (Å²) in [4.78, 5) is 0. The van der Waals surface area contributed by atoms with Gasteiger partial charge in [-0.25, -0.2) is 0 Å². The van der Waals surface area contributed by atoms with Crippen LogP contribution in [0.3, 0.4) is 0 Å². The van der Waals surface area contributed by atoms with Gasteiger partial charge in [0, 0.05) is 202 Å². The summed E-state index contributed by atoms with van der Waals surface area (Å²) in [5.41, 5.74) is 3.83. The van der Waals surface area contributed by atoms with E-state index in [4.69, 9.17) is 0 Å². The molecule has 0 amide bonds. The van der Waals surface area contributed by atoms with Crippen molar-refractivity contribution in [2.24, 2.45) is 0 Å². The summed E-state index contributed by atoms with van der Waals surface area (Å²) in [6.07, 6.45) is 0. The van der Waals surface area contributed by atoms with Crippen molar-refractivity contribution in [3.05, 3.63) is 152 Å². The average molecular weight is 882 g/mol. The molecule has 0 saturated heterocycles. The van der Waals surface area contributed by atoms with Crippen molar-refractivity contribution in [2.45, 2.75) is 12.3 Å². The zero-order valence-corrected chi connectivity index (χ0v) is 38.2. The van der Waals surface area contributed by atoms with Gasteiger partial charge >= 0.3 is 0 Å². The van der Waals surface area contributed by atoms with Crippen LogP contribution in [-0.4, -0.2) is 0 Å². The molecule has 0 unspecified atom stereocenters. The number of hydrogen-bond donors (Lipinski definition) is 0. The van der Waals surface area contributed by atoms with Crippen LogP contribution >= 0.6 is 0 Å². The van der Waals surface area contributed by atoms with Gasteiger partial charge in [0.05, 0.1) is 0 Å². The number of benzene rings is 3. The summed E-state index contributed by atoms with van der Waals surface area (Å²) < 4.78 is 0. The van der Waals surface area contributed by atoms with E-state index >= 15 is 0 Å². The maximum Gasteiger partial charge on any atom is 0.0423 e. The van der Waals surface area contributed by atoms with Crippen molar-refractivity contribution >= 4 is 0 Å². The summed E-state index contributed by atoms with van der Waals surface area (Å²) in [6.45, 7) is 2.30. The molecule has 0 fully saturated rings. The molecule has 0 aromatic heterocycles. The fourth-order valence-corrected chi connectivity index (χ4v) is 2.81. The Morgan fingerprint density at radius 1 is 0.344 bits per heavy atom. The molecule has 164 valence electrons. The molecule has 3 aromatic rings. The van der Waals surface area contributed by atoms with E-state index in [1.165, 1.54) is 16.7 Å². The minimum Gasteiger partial charge on any atom is -0.358 e. The molecule has 0 nitrogen and oxygen atoms in total. The Kier molecular flexibility index (Phi) is 72.1. The first-order chi connectivity index (χ1) is 9.82. The van der Waals surface area contributed by atoms with Crippen molar-refractivity contribution in [3.8, 4) is 0 Å². The third-order valence-electron chi connectivity index (χ3n) is 4.05. The molecule has 0 spiro atoms. The van der Waals surface area contributed by atoms with Gasteiger partial charge in [0.2, 0.25) is 0 Å². The fourth-order valence-electron chi connectivity index (χ4n) is 2.81. The number of hydrogen-bond acceptors (Lipinski definition) is 0. The molecule has 3 rings (SSSR count). The van der Waals surface area contributed by atoms with Crippen LogP contribution in [0.1, 0.15) is 23.6 Å². The van der Waals surface area contributed by atoms with E-state index in [1.807, 2.05) is 0 Å². The average Bonchev–Trinajstić information content (AvgIpc) is 2.56. The minimum atomic E-state index is -0.121. The number of rotatable bonds is 3. The first-order valence-corrected chi connectivity index (χ1v) is 6.98. The Hall–Kier alpha value is 4.28. The second kappa shape index (κ2) is 35.3. The van der Waals surface area contributed by atoms with E-state index in [1.54, 1.807) is 0 Å². The molecular weight excluding hydrogens is 846 g/mol. The first-order valence-electron chi connectivity index (χ1n) is 6.98. The van der Waals surface area contributed by atoms with E-state index in [-0.39, 0.29) is 246 Å². The van der Waals surface area contributed by atoms with Crippen molar-refractivity contribution in [1.82, 2.24) is 0 Å². The predicted molar refractivity (Wildman–Crippen MR) is 123 cm³/mol. The molecule has 6 radical (unpaired) electrons. The largest absolute Gasteiger partial charge is 0.358 e. The van der Waals surface area contributed by atoms with Crippen LogP contribution in [0.2, 0.25) is 0 Å². The van der Waals surface area contributed by atoms with Gasteiger partial charge in [-0.1, -0.05) is 91.0 Å². The Labute approximate surface area is 353 Å². The fraction of sp³-hybridized carbons (Fsp3) is 0.0769. The summed E-state index contributed by atoms with van der Waals surface area (Å²) in [5, 5.41) is 0. The third kappa shape index (κ3) is 17.7. The van der Waals surface area contributed by atoms with Gasteiger partial charge in [0.1, 0.15) is 0 Å². The first kappa shape index (κ1) is 65.4. The van der Waals surface area contributed by atoms with Crippen LogP contribution < -0.4 is 0 Å². The predicted octanol–water partition coefficient (Wildman–Crippen LogP) is 7.73. The Balaban J connectivity index is -0.0000000504. The van der Waals surface area contributed by atoms with Crippen molar-refractivity contribution in [2.75, 3.05) is 0 Å². The van der Waals surface area contributed by atoms with Gasteiger partial charge in [-0.3, -0.25) is 0 Å². The van der Waals surface area contributed by atoms with Gasteiger partial charge in [-0.2, -0.15) is 0 Å². The molecule has 0 atom stereocenters. The van der Waals surface area contributed by atoms with Crippen molar-refractivity contribution < 1.29 is 196 Å². The summed E-state index contributed by atoms with van der Waals surface area (Å²) >= 11 is 0. The molecular formula is C26H36Y6-6. The zero-order valence-electron chi connectivity index (χ0n) is 21.1. The molecule has 0 bridgehead atoms. The minimum absolute atomic E-state index is 0. The SMILES string of the molecule is CC(c1ccccc1)(c1ccccc1)c1ccccc1.[CH3-].[CH3-].[CH3-].[CH3-].[CH3-].[CH3-].[Y].[Y].[Y].[Y].[Y].[Y]. The van der Waals surface area contributed by atoms with E-state index < -0.39 is 0 Å².